The molecule has 11 heavy (non-hydrogen) atoms. The minimum atomic E-state index is 0.912. The van der Waals surface area contributed by atoms with Gasteiger partial charge >= 0.3 is 0 Å². The second kappa shape index (κ2) is 1.67. The average Bonchev–Trinajstić information content (AvgIpc) is 2.74. The zero-order valence-corrected chi connectivity index (χ0v) is 7.64. The van der Waals surface area contributed by atoms with Crippen molar-refractivity contribution in [1.29, 1.82) is 0 Å². The van der Waals surface area contributed by atoms with E-state index in [1.54, 1.807) is 19.3 Å². The van der Waals surface area contributed by atoms with Crippen molar-refractivity contribution in [2.75, 3.05) is 0 Å². The van der Waals surface area contributed by atoms with Crippen LogP contribution in [0.1, 0.15) is 39.5 Å². The third kappa shape index (κ3) is 0.588. The van der Waals surface area contributed by atoms with Gasteiger partial charge in [-0.15, -0.1) is 0 Å². The summed E-state index contributed by atoms with van der Waals surface area (Å²) in [6.07, 6.45) is 6.18. The standard InChI is InChI=1S/C11H18/c1-3-11-5-4-9(11)10(11)8-6-7(8)2/h7-10H,3-6H2,1-2H3. The highest BCUT2D eigenvalue weighted by Gasteiger charge is 2.73. The molecule has 0 bridgehead atoms. The van der Waals surface area contributed by atoms with E-state index in [-0.39, 0.29) is 0 Å². The molecule has 0 spiro atoms. The van der Waals surface area contributed by atoms with Crippen LogP contribution in [-0.2, 0) is 0 Å². The van der Waals surface area contributed by atoms with Gasteiger partial charge in [-0.1, -0.05) is 13.8 Å². The Balaban J connectivity index is 1.74. The first kappa shape index (κ1) is 6.51. The van der Waals surface area contributed by atoms with Crippen LogP contribution >= 0.6 is 0 Å². The molecular formula is C11H18. The van der Waals surface area contributed by atoms with E-state index < -0.39 is 0 Å². The van der Waals surface area contributed by atoms with Gasteiger partial charge in [-0.2, -0.15) is 0 Å². The van der Waals surface area contributed by atoms with Crippen LogP contribution in [0.3, 0.4) is 0 Å². The summed E-state index contributed by atoms with van der Waals surface area (Å²) < 4.78 is 0. The van der Waals surface area contributed by atoms with Gasteiger partial charge in [-0.05, 0) is 54.8 Å². The monoisotopic (exact) mass is 150 g/mol. The predicted molar refractivity (Wildman–Crippen MR) is 46.2 cm³/mol. The molecule has 0 heteroatoms. The first-order valence-electron chi connectivity index (χ1n) is 5.29. The fourth-order valence-electron chi connectivity index (χ4n) is 3.89. The van der Waals surface area contributed by atoms with Crippen molar-refractivity contribution < 1.29 is 0 Å². The summed E-state index contributed by atoms with van der Waals surface area (Å²) in [6, 6.07) is 0. The molecule has 3 saturated carbocycles. The van der Waals surface area contributed by atoms with Crippen molar-refractivity contribution in [2.24, 2.45) is 29.1 Å². The smallest absolute Gasteiger partial charge is 0.0235 e. The third-order valence-electron chi connectivity index (χ3n) is 4.94. The maximum absolute atomic E-state index is 2.44. The van der Waals surface area contributed by atoms with Gasteiger partial charge in [0.25, 0.3) is 0 Å². The maximum Gasteiger partial charge on any atom is -0.0235 e. The van der Waals surface area contributed by atoms with Gasteiger partial charge in [-0.25, -0.2) is 0 Å². The van der Waals surface area contributed by atoms with Gasteiger partial charge in [0.05, 0.1) is 0 Å². The molecular weight excluding hydrogens is 132 g/mol. The van der Waals surface area contributed by atoms with Gasteiger partial charge in [-0.3, -0.25) is 0 Å². The molecule has 0 aromatic rings. The van der Waals surface area contributed by atoms with Gasteiger partial charge in [0.1, 0.15) is 0 Å². The van der Waals surface area contributed by atoms with Crippen LogP contribution in [0, 0.1) is 29.1 Å². The molecule has 0 aromatic heterocycles. The lowest BCUT2D eigenvalue weighted by Crippen LogP contribution is -2.12. The normalized spacial score (nSPS) is 64.9. The van der Waals surface area contributed by atoms with Crippen LogP contribution in [0.2, 0.25) is 0 Å². The van der Waals surface area contributed by atoms with E-state index in [9.17, 15) is 0 Å². The molecule has 3 aliphatic rings. The fraction of sp³-hybridized carbons (Fsp3) is 1.00. The van der Waals surface area contributed by atoms with Gasteiger partial charge in [0, 0.05) is 0 Å². The second-order valence-corrected chi connectivity index (χ2v) is 5.13. The Bertz CT molecular complexity index is 188. The summed E-state index contributed by atoms with van der Waals surface area (Å²) >= 11 is 0. The molecule has 0 N–H and O–H groups in total. The van der Waals surface area contributed by atoms with E-state index >= 15 is 0 Å². The fourth-order valence-corrected chi connectivity index (χ4v) is 3.89. The van der Waals surface area contributed by atoms with Crippen molar-refractivity contribution in [3.05, 3.63) is 0 Å². The van der Waals surface area contributed by atoms with E-state index in [1.165, 1.54) is 24.2 Å². The average molecular weight is 150 g/mol. The lowest BCUT2D eigenvalue weighted by atomic mass is 9.82. The lowest BCUT2D eigenvalue weighted by Gasteiger charge is -2.23. The Labute approximate surface area is 69.4 Å². The second-order valence-electron chi connectivity index (χ2n) is 5.13. The molecule has 0 heterocycles. The summed E-state index contributed by atoms with van der Waals surface area (Å²) in [5.41, 5.74) is 0.912. The Morgan fingerprint density at radius 1 is 1.45 bits per heavy atom. The molecule has 0 radical (unpaired) electrons. The Morgan fingerprint density at radius 3 is 2.45 bits per heavy atom. The molecule has 3 aliphatic carbocycles. The Kier molecular flexibility index (Phi) is 0.990. The summed E-state index contributed by atoms with van der Waals surface area (Å²) in [7, 11) is 0. The van der Waals surface area contributed by atoms with Gasteiger partial charge in [0.2, 0.25) is 0 Å². The SMILES string of the molecule is CCC12CCC1C2C1CC1C. The highest BCUT2D eigenvalue weighted by Crippen LogP contribution is 2.79. The zero-order chi connectivity index (χ0) is 7.64. The molecule has 0 aromatic carbocycles. The molecule has 3 rings (SSSR count). The van der Waals surface area contributed by atoms with Crippen LogP contribution in [0.25, 0.3) is 0 Å². The minimum Gasteiger partial charge on any atom is -0.0648 e. The van der Waals surface area contributed by atoms with E-state index in [2.05, 4.69) is 13.8 Å². The molecule has 5 unspecified atom stereocenters. The van der Waals surface area contributed by atoms with Gasteiger partial charge < -0.3 is 0 Å². The summed E-state index contributed by atoms with van der Waals surface area (Å²) in [5.74, 6) is 4.65. The highest BCUT2D eigenvalue weighted by molar-refractivity contribution is 5.21. The van der Waals surface area contributed by atoms with E-state index in [0.717, 1.165) is 11.3 Å². The van der Waals surface area contributed by atoms with Crippen LogP contribution in [0.15, 0.2) is 0 Å². The van der Waals surface area contributed by atoms with Crippen LogP contribution in [0.4, 0.5) is 0 Å². The number of hydrogen-bond donors (Lipinski definition) is 0. The highest BCUT2D eigenvalue weighted by atomic mass is 14.8. The number of rotatable bonds is 2. The van der Waals surface area contributed by atoms with Crippen molar-refractivity contribution in [3.63, 3.8) is 0 Å². The molecule has 0 saturated heterocycles. The Morgan fingerprint density at radius 2 is 2.18 bits per heavy atom. The maximum atomic E-state index is 2.44. The van der Waals surface area contributed by atoms with E-state index in [0.29, 0.717) is 0 Å². The first-order chi connectivity index (χ1) is 5.29. The third-order valence-corrected chi connectivity index (χ3v) is 4.94. The Hall–Kier alpha value is 0. The van der Waals surface area contributed by atoms with Crippen molar-refractivity contribution in [1.82, 2.24) is 0 Å². The first-order valence-corrected chi connectivity index (χ1v) is 5.29. The number of fused-ring (bicyclic) bond motifs is 1. The molecule has 3 fully saturated rings. The molecule has 0 nitrogen and oxygen atoms in total. The predicted octanol–water partition coefficient (Wildman–Crippen LogP) is 3.08. The summed E-state index contributed by atoms with van der Waals surface area (Å²) in [5, 5.41) is 0. The summed E-state index contributed by atoms with van der Waals surface area (Å²) in [4.78, 5) is 0. The van der Waals surface area contributed by atoms with Crippen molar-refractivity contribution in [3.8, 4) is 0 Å². The number of hydrogen-bond acceptors (Lipinski definition) is 0. The lowest BCUT2D eigenvalue weighted by molar-refractivity contribution is 0.275. The van der Waals surface area contributed by atoms with Crippen LogP contribution in [0.5, 0.6) is 0 Å². The molecule has 62 valence electrons. The topological polar surface area (TPSA) is 0 Å². The van der Waals surface area contributed by atoms with E-state index in [1.807, 2.05) is 0 Å². The largest absolute Gasteiger partial charge is 0.0648 e. The minimum absolute atomic E-state index is 0.912. The van der Waals surface area contributed by atoms with Crippen LogP contribution in [-0.4, -0.2) is 0 Å². The van der Waals surface area contributed by atoms with Crippen molar-refractivity contribution >= 4 is 0 Å². The molecule has 5 atom stereocenters. The zero-order valence-electron chi connectivity index (χ0n) is 7.64. The quantitative estimate of drug-likeness (QED) is 0.567. The molecule has 0 aliphatic heterocycles. The van der Waals surface area contributed by atoms with Crippen molar-refractivity contribution in [2.45, 2.75) is 39.5 Å². The summed E-state index contributed by atoms with van der Waals surface area (Å²) in [6.45, 7) is 4.84. The van der Waals surface area contributed by atoms with E-state index in [4.69, 9.17) is 0 Å². The van der Waals surface area contributed by atoms with Crippen LogP contribution < -0.4 is 0 Å². The van der Waals surface area contributed by atoms with Gasteiger partial charge in [0.15, 0.2) is 0 Å². The molecule has 0 amide bonds.